The molecule has 3 atom stereocenters. The number of aliphatic hydroxyl groups is 1. The summed E-state index contributed by atoms with van der Waals surface area (Å²) < 4.78 is 35.6. The molecule has 1 aliphatic heterocycles. The molecule has 10 heteroatoms. The lowest BCUT2D eigenvalue weighted by molar-refractivity contribution is -0.0146. The molecule has 0 saturated heterocycles. The summed E-state index contributed by atoms with van der Waals surface area (Å²) in [4.78, 5) is 19.5. The molecule has 9 nitrogen and oxygen atoms in total. The van der Waals surface area contributed by atoms with E-state index in [0.29, 0.717) is 5.56 Å². The van der Waals surface area contributed by atoms with Gasteiger partial charge in [-0.05, 0) is 29.7 Å². The van der Waals surface area contributed by atoms with Crippen molar-refractivity contribution >= 4 is 15.9 Å². The molecule has 4 rings (SSSR count). The molecule has 2 heterocycles. The van der Waals surface area contributed by atoms with Gasteiger partial charge in [-0.25, -0.2) is 13.4 Å². The van der Waals surface area contributed by atoms with Gasteiger partial charge in [0, 0.05) is 44.9 Å². The summed E-state index contributed by atoms with van der Waals surface area (Å²) >= 11 is 0. The Morgan fingerprint density at radius 2 is 1.78 bits per heavy atom. The molecule has 3 aromatic rings. The summed E-state index contributed by atoms with van der Waals surface area (Å²) in [6.07, 6.45) is 2.38. The van der Waals surface area contributed by atoms with Gasteiger partial charge in [-0.2, -0.15) is 4.31 Å². The third kappa shape index (κ3) is 5.62. The number of aryl methyl sites for hydroxylation is 1. The number of carbonyl (C=O) groups excluding carboxylic acids is 1. The maximum atomic E-state index is 13.9. The summed E-state index contributed by atoms with van der Waals surface area (Å²) in [6, 6.07) is 14.8. The Morgan fingerprint density at radius 1 is 1.14 bits per heavy atom. The van der Waals surface area contributed by atoms with Crippen molar-refractivity contribution in [3.05, 3.63) is 72.2 Å². The van der Waals surface area contributed by atoms with Crippen LogP contribution in [0.3, 0.4) is 0 Å². The van der Waals surface area contributed by atoms with Crippen molar-refractivity contribution in [1.82, 2.24) is 18.8 Å². The average Bonchev–Trinajstić information content (AvgIpc) is 3.35. The van der Waals surface area contributed by atoms with Crippen molar-refractivity contribution in [2.45, 2.75) is 37.6 Å². The Kier molecular flexibility index (Phi) is 8.13. The van der Waals surface area contributed by atoms with Gasteiger partial charge in [0.2, 0.25) is 0 Å². The van der Waals surface area contributed by atoms with Gasteiger partial charge in [0.15, 0.2) is 5.03 Å². The third-order valence-corrected chi connectivity index (χ3v) is 8.60. The van der Waals surface area contributed by atoms with Gasteiger partial charge in [-0.15, -0.1) is 0 Å². The first-order valence-corrected chi connectivity index (χ1v) is 13.7. The van der Waals surface area contributed by atoms with E-state index < -0.39 is 22.2 Å². The van der Waals surface area contributed by atoms with E-state index in [0.717, 1.165) is 16.7 Å². The Hall–Kier alpha value is -3.05. The topological polar surface area (TPSA) is 105 Å². The lowest BCUT2D eigenvalue weighted by atomic mass is 9.94. The predicted octanol–water partition coefficient (Wildman–Crippen LogP) is 2.77. The molecule has 0 saturated carbocycles. The molecule has 0 bridgehead atoms. The maximum absolute atomic E-state index is 13.9. The first-order chi connectivity index (χ1) is 17.6. The van der Waals surface area contributed by atoms with Gasteiger partial charge < -0.3 is 19.3 Å². The number of carbonyl (C=O) groups is 1. The summed E-state index contributed by atoms with van der Waals surface area (Å²) in [6.45, 7) is 4.15. The van der Waals surface area contributed by atoms with E-state index in [4.69, 9.17) is 4.74 Å². The van der Waals surface area contributed by atoms with E-state index in [-0.39, 0.29) is 43.2 Å². The number of fused-ring (bicyclic) bond motifs is 3. The number of ether oxygens (including phenoxy) is 1. The van der Waals surface area contributed by atoms with E-state index in [1.54, 1.807) is 29.5 Å². The summed E-state index contributed by atoms with van der Waals surface area (Å²) in [5, 5.41) is 9.93. The van der Waals surface area contributed by atoms with Crippen LogP contribution < -0.4 is 0 Å². The largest absolute Gasteiger partial charge is 0.394 e. The Bertz CT molecular complexity index is 1360. The number of hydrogen-bond donors (Lipinski definition) is 1. The molecular formula is C27H34N4O5S. The van der Waals surface area contributed by atoms with E-state index in [1.165, 1.54) is 23.9 Å². The number of imidazole rings is 1. The number of likely N-dealkylation sites (N-methyl/N-ethyl adjacent to an activating group) is 1. The number of nitrogens with zero attached hydrogens (tertiary/aromatic N) is 4. The van der Waals surface area contributed by atoms with Crippen LogP contribution in [0.4, 0.5) is 0 Å². The molecule has 198 valence electrons. The fourth-order valence-corrected chi connectivity index (χ4v) is 5.73. The molecule has 0 aliphatic carbocycles. The second-order valence-corrected chi connectivity index (χ2v) is 11.7. The fourth-order valence-electron chi connectivity index (χ4n) is 4.58. The number of aromatic nitrogens is 2. The summed E-state index contributed by atoms with van der Waals surface area (Å²) in [5.74, 6) is -0.425. The zero-order valence-corrected chi connectivity index (χ0v) is 22.4. The van der Waals surface area contributed by atoms with Crippen molar-refractivity contribution in [1.29, 1.82) is 0 Å². The standard InChI is InChI=1S/C27H34N4O5S/c1-19-13-31(20(2)16-32)27(33)24-12-8-7-11-23(24)22-10-6-5-9-21(22)17-36-25(19)14-30(4)37(34,35)26-15-29(3)18-28-26/h5-12,15,18-20,25,32H,13-14,16-17H2,1-4H3/t19-,20-,25-/m0/s1. The molecular weight excluding hydrogens is 492 g/mol. The Labute approximate surface area is 218 Å². The highest BCUT2D eigenvalue weighted by molar-refractivity contribution is 7.89. The first kappa shape index (κ1) is 27.0. The molecule has 1 aromatic heterocycles. The highest BCUT2D eigenvalue weighted by atomic mass is 32.2. The molecule has 2 aromatic carbocycles. The van der Waals surface area contributed by atoms with Gasteiger partial charge in [-0.1, -0.05) is 49.4 Å². The van der Waals surface area contributed by atoms with Crippen LogP contribution in [0.25, 0.3) is 11.1 Å². The number of aliphatic hydroxyl groups excluding tert-OH is 1. The lowest BCUT2D eigenvalue weighted by Gasteiger charge is -2.34. The summed E-state index contributed by atoms with van der Waals surface area (Å²) in [5.41, 5.74) is 3.13. The van der Waals surface area contributed by atoms with Crippen molar-refractivity contribution in [2.24, 2.45) is 13.0 Å². The number of rotatable bonds is 6. The second-order valence-electron chi connectivity index (χ2n) is 9.68. The maximum Gasteiger partial charge on any atom is 0.261 e. The molecule has 1 amide bonds. The average molecular weight is 527 g/mol. The van der Waals surface area contributed by atoms with Crippen LogP contribution in [-0.4, -0.2) is 77.1 Å². The van der Waals surface area contributed by atoms with Crippen molar-refractivity contribution < 1.29 is 23.1 Å². The Morgan fingerprint density at radius 3 is 2.43 bits per heavy atom. The van der Waals surface area contributed by atoms with Gasteiger partial charge in [0.25, 0.3) is 15.9 Å². The minimum Gasteiger partial charge on any atom is -0.394 e. The minimum absolute atomic E-state index is 0.0340. The molecule has 0 spiro atoms. The highest BCUT2D eigenvalue weighted by Gasteiger charge is 2.33. The van der Waals surface area contributed by atoms with Gasteiger partial charge in [-0.3, -0.25) is 4.79 Å². The van der Waals surface area contributed by atoms with Crippen LogP contribution in [0.15, 0.2) is 66.1 Å². The summed E-state index contributed by atoms with van der Waals surface area (Å²) in [7, 11) is -0.613. The molecule has 0 radical (unpaired) electrons. The first-order valence-electron chi connectivity index (χ1n) is 12.3. The molecule has 0 fully saturated rings. The van der Waals surface area contributed by atoms with Crippen molar-refractivity contribution in [3.63, 3.8) is 0 Å². The minimum atomic E-state index is -3.83. The molecule has 0 unspecified atom stereocenters. The number of sulfonamides is 1. The number of benzene rings is 2. The smallest absolute Gasteiger partial charge is 0.261 e. The van der Waals surface area contributed by atoms with Crippen LogP contribution in [0.5, 0.6) is 0 Å². The van der Waals surface area contributed by atoms with E-state index in [9.17, 15) is 18.3 Å². The van der Waals surface area contributed by atoms with Gasteiger partial charge in [0.05, 0.1) is 31.7 Å². The molecule has 1 aliphatic rings. The van der Waals surface area contributed by atoms with E-state index in [1.807, 2.05) is 49.4 Å². The van der Waals surface area contributed by atoms with E-state index in [2.05, 4.69) is 4.98 Å². The van der Waals surface area contributed by atoms with Crippen LogP contribution >= 0.6 is 0 Å². The molecule has 1 N–H and O–H groups in total. The van der Waals surface area contributed by atoms with Crippen LogP contribution in [0, 0.1) is 5.92 Å². The normalized spacial score (nSPS) is 19.7. The number of hydrogen-bond acceptors (Lipinski definition) is 6. The molecule has 37 heavy (non-hydrogen) atoms. The van der Waals surface area contributed by atoms with Crippen molar-refractivity contribution in [3.8, 4) is 11.1 Å². The van der Waals surface area contributed by atoms with Crippen LogP contribution in [0.2, 0.25) is 0 Å². The number of amides is 1. The zero-order valence-electron chi connectivity index (χ0n) is 21.6. The Balaban J connectivity index is 1.73. The van der Waals surface area contributed by atoms with Crippen LogP contribution in [-0.2, 0) is 28.4 Å². The zero-order chi connectivity index (χ0) is 26.7. The van der Waals surface area contributed by atoms with Gasteiger partial charge in [0.1, 0.15) is 0 Å². The highest BCUT2D eigenvalue weighted by Crippen LogP contribution is 2.31. The van der Waals surface area contributed by atoms with E-state index >= 15 is 0 Å². The predicted molar refractivity (Wildman–Crippen MR) is 140 cm³/mol. The fraction of sp³-hybridized carbons (Fsp3) is 0.407. The SMILES string of the molecule is C[C@H]1CN([C@@H](C)CO)C(=O)c2ccccc2-c2ccccc2CO[C@H]1CN(C)S(=O)(=O)c1cn(C)cn1. The second kappa shape index (κ2) is 11.1. The van der Waals surface area contributed by atoms with Crippen LogP contribution in [0.1, 0.15) is 29.8 Å². The van der Waals surface area contributed by atoms with Gasteiger partial charge >= 0.3 is 0 Å². The lowest BCUT2D eigenvalue weighted by Crippen LogP contribution is -2.47. The quantitative estimate of drug-likeness (QED) is 0.530. The van der Waals surface area contributed by atoms with Crippen molar-refractivity contribution in [2.75, 3.05) is 26.7 Å². The monoisotopic (exact) mass is 526 g/mol. The third-order valence-electron chi connectivity index (χ3n) is 6.89.